The SMILES string of the molecule is CC(=O)Nc1cccc2c(OC(C)=O)c(S(=O)(=O)[O-])ccc12.[Na+]. The second-order valence-corrected chi connectivity index (χ2v) is 5.87. The summed E-state index contributed by atoms with van der Waals surface area (Å²) in [5.41, 5.74) is 0.410. The van der Waals surface area contributed by atoms with E-state index in [2.05, 4.69) is 5.32 Å². The van der Waals surface area contributed by atoms with Crippen molar-refractivity contribution >= 4 is 38.5 Å². The molecule has 2 aromatic rings. The van der Waals surface area contributed by atoms with Gasteiger partial charge in [0, 0.05) is 30.3 Å². The van der Waals surface area contributed by atoms with E-state index >= 15 is 0 Å². The third kappa shape index (κ3) is 4.52. The number of esters is 1. The quantitative estimate of drug-likeness (QED) is 0.318. The number of hydrogen-bond acceptors (Lipinski definition) is 6. The molecule has 0 bridgehead atoms. The van der Waals surface area contributed by atoms with Gasteiger partial charge in [0.25, 0.3) is 0 Å². The molecule has 0 unspecified atom stereocenters. The van der Waals surface area contributed by atoms with Crippen LogP contribution in [0.25, 0.3) is 10.8 Å². The Morgan fingerprint density at radius 3 is 2.26 bits per heavy atom. The van der Waals surface area contributed by atoms with Crippen molar-refractivity contribution in [2.24, 2.45) is 0 Å². The van der Waals surface area contributed by atoms with Crippen LogP contribution in [0.2, 0.25) is 0 Å². The maximum absolute atomic E-state index is 11.3. The van der Waals surface area contributed by atoms with Crippen LogP contribution in [0.5, 0.6) is 5.75 Å². The van der Waals surface area contributed by atoms with Gasteiger partial charge in [-0.05, 0) is 12.1 Å². The average Bonchev–Trinajstić information content (AvgIpc) is 2.37. The second kappa shape index (κ2) is 7.41. The van der Waals surface area contributed by atoms with Crippen LogP contribution in [0.4, 0.5) is 5.69 Å². The number of rotatable bonds is 3. The fourth-order valence-electron chi connectivity index (χ4n) is 2.05. The molecule has 2 aromatic carbocycles. The Morgan fingerprint density at radius 2 is 1.74 bits per heavy atom. The van der Waals surface area contributed by atoms with E-state index in [0.717, 1.165) is 13.0 Å². The Hall–Kier alpha value is -1.45. The van der Waals surface area contributed by atoms with Crippen LogP contribution in [0.3, 0.4) is 0 Å². The number of ether oxygens (including phenoxy) is 1. The summed E-state index contributed by atoms with van der Waals surface area (Å²) < 4.78 is 38.9. The monoisotopic (exact) mass is 345 g/mol. The number of benzene rings is 2. The van der Waals surface area contributed by atoms with Crippen molar-refractivity contribution in [3.63, 3.8) is 0 Å². The van der Waals surface area contributed by atoms with E-state index in [4.69, 9.17) is 4.74 Å². The number of hydrogen-bond donors (Lipinski definition) is 1. The molecule has 0 radical (unpaired) electrons. The molecule has 116 valence electrons. The van der Waals surface area contributed by atoms with Crippen molar-refractivity contribution in [1.29, 1.82) is 0 Å². The minimum Gasteiger partial charge on any atom is -0.744 e. The first-order valence-corrected chi connectivity index (χ1v) is 7.58. The topological polar surface area (TPSA) is 113 Å². The zero-order valence-corrected chi connectivity index (χ0v) is 15.6. The zero-order valence-electron chi connectivity index (χ0n) is 12.7. The van der Waals surface area contributed by atoms with Crippen LogP contribution in [0.1, 0.15) is 13.8 Å². The Labute approximate surface area is 155 Å². The fraction of sp³-hybridized carbons (Fsp3) is 0.143. The number of fused-ring (bicyclic) bond motifs is 1. The number of anilines is 1. The fourth-order valence-corrected chi connectivity index (χ4v) is 2.67. The summed E-state index contributed by atoms with van der Waals surface area (Å²) in [4.78, 5) is 21.8. The van der Waals surface area contributed by atoms with Gasteiger partial charge in [-0.15, -0.1) is 0 Å². The molecule has 2 rings (SSSR count). The molecule has 1 N–H and O–H groups in total. The second-order valence-electron chi connectivity index (χ2n) is 4.52. The maximum atomic E-state index is 11.3. The molecular formula is C14H12NNaO6S. The summed E-state index contributed by atoms with van der Waals surface area (Å²) in [5, 5.41) is 3.26. The van der Waals surface area contributed by atoms with Crippen molar-refractivity contribution in [2.75, 3.05) is 5.32 Å². The molecule has 0 fully saturated rings. The van der Waals surface area contributed by atoms with Crippen molar-refractivity contribution in [3.05, 3.63) is 30.3 Å². The molecule has 0 heterocycles. The van der Waals surface area contributed by atoms with Crippen molar-refractivity contribution in [2.45, 2.75) is 18.7 Å². The summed E-state index contributed by atoms with van der Waals surface area (Å²) in [7, 11) is -4.82. The van der Waals surface area contributed by atoms with Gasteiger partial charge in [0.15, 0.2) is 5.75 Å². The third-order valence-corrected chi connectivity index (χ3v) is 3.66. The summed E-state index contributed by atoms with van der Waals surface area (Å²) in [6.45, 7) is 2.42. The van der Waals surface area contributed by atoms with Crippen molar-refractivity contribution in [1.82, 2.24) is 0 Å². The Balaban J connectivity index is 0.00000264. The van der Waals surface area contributed by atoms with Gasteiger partial charge in [0.1, 0.15) is 10.1 Å². The predicted octanol–water partition coefficient (Wildman–Crippen LogP) is -1.37. The van der Waals surface area contributed by atoms with Gasteiger partial charge in [-0.3, -0.25) is 9.59 Å². The Morgan fingerprint density at radius 1 is 1.09 bits per heavy atom. The van der Waals surface area contributed by atoms with E-state index in [1.165, 1.54) is 19.1 Å². The van der Waals surface area contributed by atoms with E-state index < -0.39 is 21.0 Å². The molecule has 23 heavy (non-hydrogen) atoms. The number of nitrogens with one attached hydrogen (secondary N) is 1. The van der Waals surface area contributed by atoms with Gasteiger partial charge in [0.2, 0.25) is 5.91 Å². The summed E-state index contributed by atoms with van der Waals surface area (Å²) in [5.74, 6) is -1.42. The summed E-state index contributed by atoms with van der Waals surface area (Å²) >= 11 is 0. The van der Waals surface area contributed by atoms with Gasteiger partial charge < -0.3 is 14.6 Å². The van der Waals surface area contributed by atoms with Gasteiger partial charge in [0.05, 0.1) is 4.90 Å². The molecular weight excluding hydrogens is 333 g/mol. The van der Waals surface area contributed by atoms with Gasteiger partial charge in [-0.25, -0.2) is 8.42 Å². The number of carbonyl (C=O) groups is 2. The molecule has 0 aliphatic rings. The first-order chi connectivity index (χ1) is 10.2. The van der Waals surface area contributed by atoms with Gasteiger partial charge in [-0.2, -0.15) is 0 Å². The van der Waals surface area contributed by atoms with Crippen LogP contribution < -0.4 is 39.6 Å². The molecule has 0 aliphatic heterocycles. The first-order valence-electron chi connectivity index (χ1n) is 6.18. The summed E-state index contributed by atoms with van der Waals surface area (Å²) in [6.07, 6.45) is 0. The number of carbonyl (C=O) groups excluding carboxylic acids is 2. The largest absolute Gasteiger partial charge is 1.00 e. The van der Waals surface area contributed by atoms with Crippen LogP contribution in [-0.2, 0) is 19.7 Å². The molecule has 9 heteroatoms. The molecule has 0 spiro atoms. The van der Waals surface area contributed by atoms with E-state index in [1.54, 1.807) is 12.1 Å². The van der Waals surface area contributed by atoms with Gasteiger partial charge >= 0.3 is 35.5 Å². The normalized spacial score (nSPS) is 10.7. The van der Waals surface area contributed by atoms with Crippen molar-refractivity contribution < 1.29 is 56.9 Å². The standard InChI is InChI=1S/C14H13NO6S.Na/c1-8(16)15-12-5-3-4-11-10(12)6-7-13(22(18,19)20)14(11)21-9(2)17;/h3-7H,1-2H3,(H,15,16)(H,18,19,20);/q;+1/p-1. The predicted molar refractivity (Wildman–Crippen MR) is 77.5 cm³/mol. The molecule has 0 saturated carbocycles. The minimum absolute atomic E-state index is 0. The first kappa shape index (κ1) is 19.6. The average molecular weight is 345 g/mol. The molecule has 1 amide bonds. The molecule has 0 saturated heterocycles. The maximum Gasteiger partial charge on any atom is 1.00 e. The van der Waals surface area contributed by atoms with Crippen LogP contribution in [0.15, 0.2) is 35.2 Å². The van der Waals surface area contributed by atoms with Gasteiger partial charge in [-0.1, -0.05) is 18.2 Å². The van der Waals surface area contributed by atoms with Crippen molar-refractivity contribution in [3.8, 4) is 5.75 Å². The van der Waals surface area contributed by atoms with E-state index in [1.807, 2.05) is 0 Å². The molecule has 7 nitrogen and oxygen atoms in total. The van der Waals surface area contributed by atoms with Crippen LogP contribution in [-0.4, -0.2) is 24.8 Å². The Kier molecular flexibility index (Phi) is 6.32. The number of amides is 1. The molecule has 0 atom stereocenters. The minimum atomic E-state index is -4.82. The van der Waals surface area contributed by atoms with E-state index in [0.29, 0.717) is 11.1 Å². The van der Waals surface area contributed by atoms with Crippen LogP contribution >= 0.6 is 0 Å². The molecule has 0 aliphatic carbocycles. The smallest absolute Gasteiger partial charge is 0.744 e. The van der Waals surface area contributed by atoms with Crippen LogP contribution in [0, 0.1) is 0 Å². The Bertz CT molecular complexity index is 878. The molecule has 0 aromatic heterocycles. The third-order valence-electron chi connectivity index (χ3n) is 2.80. The summed E-state index contributed by atoms with van der Waals surface area (Å²) in [6, 6.07) is 7.06. The zero-order chi connectivity index (χ0) is 16.5. The van der Waals surface area contributed by atoms with E-state index in [9.17, 15) is 22.6 Å². The van der Waals surface area contributed by atoms with E-state index in [-0.39, 0.29) is 46.6 Å².